The monoisotopic (exact) mass is 346 g/mol. The maximum absolute atomic E-state index is 12.4. The van der Waals surface area contributed by atoms with Gasteiger partial charge in [-0.25, -0.2) is 0 Å². The third-order valence-electron chi connectivity index (χ3n) is 3.56. The van der Waals surface area contributed by atoms with Gasteiger partial charge in [-0.15, -0.1) is 0 Å². The molecular formula is C17H12Cl2N2O2. The van der Waals surface area contributed by atoms with Crippen LogP contribution in [0.5, 0.6) is 0 Å². The van der Waals surface area contributed by atoms with Crippen molar-refractivity contribution in [2.45, 2.75) is 0 Å². The van der Waals surface area contributed by atoms with E-state index in [4.69, 9.17) is 23.2 Å². The van der Waals surface area contributed by atoms with Gasteiger partial charge < -0.3 is 9.88 Å². The summed E-state index contributed by atoms with van der Waals surface area (Å²) in [6.07, 6.45) is 0. The molecule has 1 N–H and O–H groups in total. The molecule has 0 aliphatic rings. The lowest BCUT2D eigenvalue weighted by atomic mass is 10.1. The molecule has 1 heterocycles. The lowest BCUT2D eigenvalue weighted by molar-refractivity contribution is 0.102. The first kappa shape index (κ1) is 15.6. The summed E-state index contributed by atoms with van der Waals surface area (Å²) in [5, 5.41) is 4.20. The van der Waals surface area contributed by atoms with E-state index >= 15 is 0 Å². The van der Waals surface area contributed by atoms with Crippen LogP contribution in [0, 0.1) is 0 Å². The summed E-state index contributed by atoms with van der Waals surface area (Å²) in [6.45, 7) is 0. The summed E-state index contributed by atoms with van der Waals surface area (Å²) in [5.74, 6) is -0.491. The molecule has 0 radical (unpaired) electrons. The standard InChI is InChI=1S/C17H12Cl2N2O2/c1-21-15-5-3-2-4-10(15)8-12(17(21)23)16(22)20-11-6-7-13(18)14(19)9-11/h2-9H,1H3,(H,20,22). The second-order valence-corrected chi connectivity index (χ2v) is 5.88. The number of fused-ring (bicyclic) bond motifs is 1. The van der Waals surface area contributed by atoms with Crippen LogP contribution in [0.25, 0.3) is 10.9 Å². The molecule has 3 rings (SSSR count). The molecule has 0 aliphatic carbocycles. The number of aryl methyl sites for hydroxylation is 1. The van der Waals surface area contributed by atoms with Gasteiger partial charge in [0, 0.05) is 12.7 Å². The molecule has 2 aromatic carbocycles. The summed E-state index contributed by atoms with van der Waals surface area (Å²) in [4.78, 5) is 24.8. The maximum Gasteiger partial charge on any atom is 0.263 e. The number of aromatic nitrogens is 1. The van der Waals surface area contributed by atoms with Gasteiger partial charge >= 0.3 is 0 Å². The van der Waals surface area contributed by atoms with Crippen molar-refractivity contribution in [3.63, 3.8) is 0 Å². The van der Waals surface area contributed by atoms with Crippen molar-refractivity contribution in [2.75, 3.05) is 5.32 Å². The van der Waals surface area contributed by atoms with Gasteiger partial charge in [0.25, 0.3) is 11.5 Å². The summed E-state index contributed by atoms with van der Waals surface area (Å²) in [6, 6.07) is 13.7. The first-order chi connectivity index (χ1) is 11.0. The number of anilines is 1. The highest BCUT2D eigenvalue weighted by molar-refractivity contribution is 6.42. The fraction of sp³-hybridized carbons (Fsp3) is 0.0588. The van der Waals surface area contributed by atoms with Crippen molar-refractivity contribution >= 4 is 45.7 Å². The van der Waals surface area contributed by atoms with Crippen LogP contribution >= 0.6 is 23.2 Å². The minimum Gasteiger partial charge on any atom is -0.322 e. The van der Waals surface area contributed by atoms with Crippen molar-refractivity contribution in [2.24, 2.45) is 7.05 Å². The average Bonchev–Trinajstić information content (AvgIpc) is 2.54. The quantitative estimate of drug-likeness (QED) is 0.759. The molecule has 6 heteroatoms. The van der Waals surface area contributed by atoms with E-state index in [1.54, 1.807) is 25.2 Å². The van der Waals surface area contributed by atoms with E-state index in [9.17, 15) is 9.59 Å². The molecular weight excluding hydrogens is 335 g/mol. The summed E-state index contributed by atoms with van der Waals surface area (Å²) in [7, 11) is 1.64. The number of pyridine rings is 1. The Labute approximate surface area is 142 Å². The molecule has 0 bridgehead atoms. The van der Waals surface area contributed by atoms with Gasteiger partial charge in [-0.3, -0.25) is 9.59 Å². The maximum atomic E-state index is 12.4. The number of benzene rings is 2. The summed E-state index contributed by atoms with van der Waals surface area (Å²) in [5.41, 5.74) is 0.946. The van der Waals surface area contributed by atoms with E-state index in [0.717, 1.165) is 10.9 Å². The second-order valence-electron chi connectivity index (χ2n) is 5.06. The first-order valence-electron chi connectivity index (χ1n) is 6.82. The van der Waals surface area contributed by atoms with Gasteiger partial charge in [0.2, 0.25) is 0 Å². The zero-order chi connectivity index (χ0) is 16.6. The highest BCUT2D eigenvalue weighted by Crippen LogP contribution is 2.25. The Morgan fingerprint density at radius 3 is 2.52 bits per heavy atom. The lowest BCUT2D eigenvalue weighted by Gasteiger charge is -2.10. The van der Waals surface area contributed by atoms with Gasteiger partial charge in [0.05, 0.1) is 15.6 Å². The fourth-order valence-corrected chi connectivity index (χ4v) is 2.66. The van der Waals surface area contributed by atoms with E-state index < -0.39 is 5.91 Å². The van der Waals surface area contributed by atoms with Crippen molar-refractivity contribution < 1.29 is 4.79 Å². The SMILES string of the molecule is Cn1c(=O)c(C(=O)Nc2ccc(Cl)c(Cl)c2)cc2ccccc21. The molecule has 3 aromatic rings. The van der Waals surface area contributed by atoms with Crippen LogP contribution in [-0.2, 0) is 7.05 Å². The van der Waals surface area contributed by atoms with E-state index in [1.165, 1.54) is 10.6 Å². The van der Waals surface area contributed by atoms with Crippen LogP contribution in [0.3, 0.4) is 0 Å². The van der Waals surface area contributed by atoms with Gasteiger partial charge in [0.1, 0.15) is 5.56 Å². The van der Waals surface area contributed by atoms with Crippen molar-refractivity contribution in [3.8, 4) is 0 Å². The number of nitrogens with one attached hydrogen (secondary N) is 1. The third-order valence-corrected chi connectivity index (χ3v) is 4.29. The van der Waals surface area contributed by atoms with Gasteiger partial charge in [-0.2, -0.15) is 0 Å². The van der Waals surface area contributed by atoms with Crippen LogP contribution in [0.4, 0.5) is 5.69 Å². The number of carbonyl (C=O) groups excluding carboxylic acids is 1. The van der Waals surface area contributed by atoms with Crippen LogP contribution in [0.1, 0.15) is 10.4 Å². The zero-order valence-electron chi connectivity index (χ0n) is 12.1. The largest absolute Gasteiger partial charge is 0.322 e. The van der Waals surface area contributed by atoms with E-state index in [0.29, 0.717) is 15.7 Å². The van der Waals surface area contributed by atoms with E-state index in [2.05, 4.69) is 5.32 Å². The molecule has 1 amide bonds. The third kappa shape index (κ3) is 2.96. The Hall–Kier alpha value is -2.30. The Balaban J connectivity index is 2.02. The molecule has 0 unspecified atom stereocenters. The summed E-state index contributed by atoms with van der Waals surface area (Å²) >= 11 is 11.8. The van der Waals surface area contributed by atoms with Gasteiger partial charge in [0.15, 0.2) is 0 Å². The number of amides is 1. The number of hydrogen-bond donors (Lipinski definition) is 1. The second kappa shape index (κ2) is 6.07. The smallest absolute Gasteiger partial charge is 0.263 e. The predicted molar refractivity (Wildman–Crippen MR) is 93.6 cm³/mol. The summed E-state index contributed by atoms with van der Waals surface area (Å²) < 4.78 is 1.46. The first-order valence-corrected chi connectivity index (χ1v) is 7.58. The number of hydrogen-bond acceptors (Lipinski definition) is 2. The zero-order valence-corrected chi connectivity index (χ0v) is 13.7. The van der Waals surface area contributed by atoms with Crippen molar-refractivity contribution in [1.82, 2.24) is 4.57 Å². The fourth-order valence-electron chi connectivity index (χ4n) is 2.36. The molecule has 0 saturated carbocycles. The lowest BCUT2D eigenvalue weighted by Crippen LogP contribution is -2.27. The van der Waals surface area contributed by atoms with Crippen molar-refractivity contribution in [3.05, 3.63) is 74.5 Å². The predicted octanol–water partition coefficient (Wildman–Crippen LogP) is 4.10. The topological polar surface area (TPSA) is 51.1 Å². The van der Waals surface area contributed by atoms with Crippen LogP contribution in [-0.4, -0.2) is 10.5 Å². The molecule has 116 valence electrons. The number of halogens is 2. The minimum absolute atomic E-state index is 0.0669. The number of rotatable bonds is 2. The Morgan fingerprint density at radius 2 is 1.78 bits per heavy atom. The Morgan fingerprint density at radius 1 is 1.04 bits per heavy atom. The molecule has 4 nitrogen and oxygen atoms in total. The minimum atomic E-state index is -0.491. The van der Waals surface area contributed by atoms with E-state index in [1.807, 2.05) is 24.3 Å². The molecule has 0 saturated heterocycles. The molecule has 0 aliphatic heterocycles. The van der Waals surface area contributed by atoms with Crippen LogP contribution in [0.2, 0.25) is 10.0 Å². The number of carbonyl (C=O) groups is 1. The van der Waals surface area contributed by atoms with Gasteiger partial charge in [-0.05, 0) is 35.7 Å². The highest BCUT2D eigenvalue weighted by Gasteiger charge is 2.14. The number of nitrogens with zero attached hydrogens (tertiary/aromatic N) is 1. The normalized spacial score (nSPS) is 10.7. The van der Waals surface area contributed by atoms with Crippen LogP contribution < -0.4 is 10.9 Å². The van der Waals surface area contributed by atoms with Gasteiger partial charge in [-0.1, -0.05) is 41.4 Å². The van der Waals surface area contributed by atoms with E-state index in [-0.39, 0.29) is 11.1 Å². The Bertz CT molecular complexity index is 980. The van der Waals surface area contributed by atoms with Crippen LogP contribution in [0.15, 0.2) is 53.3 Å². The average molecular weight is 347 g/mol. The molecule has 0 atom stereocenters. The molecule has 1 aromatic heterocycles. The molecule has 0 fully saturated rings. The molecule has 0 spiro atoms. The number of para-hydroxylation sites is 1. The van der Waals surface area contributed by atoms with Crippen molar-refractivity contribution in [1.29, 1.82) is 0 Å². The highest BCUT2D eigenvalue weighted by atomic mass is 35.5. The Kier molecular flexibility index (Phi) is 4.11. The molecule has 23 heavy (non-hydrogen) atoms.